The third-order valence-corrected chi connectivity index (χ3v) is 3.94. The molecule has 0 spiro atoms. The number of hydrogen-bond acceptors (Lipinski definition) is 5. The molecule has 2 heterocycles. The maximum Gasteiger partial charge on any atom is 0.239 e. The van der Waals surface area contributed by atoms with Crippen molar-refractivity contribution in [2.45, 2.75) is 19.1 Å². The lowest BCUT2D eigenvalue weighted by atomic mass is 10.2. The van der Waals surface area contributed by atoms with Crippen LogP contribution in [0.1, 0.15) is 18.6 Å². The second-order valence-electron chi connectivity index (χ2n) is 4.64. The summed E-state index contributed by atoms with van der Waals surface area (Å²) in [6.07, 6.45) is -0.564. The third-order valence-electron chi connectivity index (χ3n) is 3.24. The highest BCUT2D eigenvalue weighted by atomic mass is 32.1. The highest BCUT2D eigenvalue weighted by molar-refractivity contribution is 7.07. The van der Waals surface area contributed by atoms with Gasteiger partial charge in [0.05, 0.1) is 25.4 Å². The monoisotopic (exact) mass is 284 g/mol. The molecule has 2 N–H and O–H groups in total. The van der Waals surface area contributed by atoms with E-state index in [0.29, 0.717) is 32.8 Å². The van der Waals surface area contributed by atoms with E-state index in [0.717, 1.165) is 5.56 Å². The fourth-order valence-corrected chi connectivity index (χ4v) is 2.72. The van der Waals surface area contributed by atoms with Crippen LogP contribution in [0.15, 0.2) is 16.8 Å². The smallest absolute Gasteiger partial charge is 0.239 e. The highest BCUT2D eigenvalue weighted by Crippen LogP contribution is 2.15. The van der Waals surface area contributed by atoms with Gasteiger partial charge in [0.2, 0.25) is 5.91 Å². The van der Waals surface area contributed by atoms with Crippen molar-refractivity contribution in [3.05, 3.63) is 22.4 Å². The number of carbonyl (C=O) groups excluding carboxylic acids is 1. The molecule has 1 saturated heterocycles. The lowest BCUT2D eigenvalue weighted by Crippen LogP contribution is -2.49. The summed E-state index contributed by atoms with van der Waals surface area (Å²) in [5.41, 5.74) is 0.892. The number of aliphatic hydroxyl groups is 1. The Kier molecular flexibility index (Phi) is 5.33. The van der Waals surface area contributed by atoms with Gasteiger partial charge in [-0.25, -0.2) is 0 Å². The van der Waals surface area contributed by atoms with Crippen LogP contribution in [0.3, 0.4) is 0 Å². The van der Waals surface area contributed by atoms with Crippen molar-refractivity contribution in [2.75, 3.05) is 32.8 Å². The summed E-state index contributed by atoms with van der Waals surface area (Å²) in [4.78, 5) is 13.9. The SMILES string of the molecule is CC(NCC(O)c1ccsc1)C(=O)N1CCOCC1. The average molecular weight is 284 g/mol. The van der Waals surface area contributed by atoms with E-state index >= 15 is 0 Å². The second-order valence-corrected chi connectivity index (χ2v) is 5.42. The lowest BCUT2D eigenvalue weighted by molar-refractivity contribution is -0.137. The summed E-state index contributed by atoms with van der Waals surface area (Å²) in [5, 5.41) is 16.9. The maximum atomic E-state index is 12.1. The van der Waals surface area contributed by atoms with Crippen LogP contribution in [0.25, 0.3) is 0 Å². The number of nitrogens with one attached hydrogen (secondary N) is 1. The van der Waals surface area contributed by atoms with Crippen molar-refractivity contribution in [1.82, 2.24) is 10.2 Å². The number of amides is 1. The summed E-state index contributed by atoms with van der Waals surface area (Å²) < 4.78 is 5.22. The Labute approximate surface area is 117 Å². The van der Waals surface area contributed by atoms with Gasteiger partial charge in [0.1, 0.15) is 0 Å². The van der Waals surface area contributed by atoms with Gasteiger partial charge in [0.15, 0.2) is 0 Å². The van der Waals surface area contributed by atoms with Crippen LogP contribution in [0.2, 0.25) is 0 Å². The molecule has 19 heavy (non-hydrogen) atoms. The Hall–Kier alpha value is -0.950. The minimum Gasteiger partial charge on any atom is -0.387 e. The standard InChI is InChI=1S/C13H20N2O3S/c1-10(13(17)15-3-5-18-6-4-15)14-8-12(16)11-2-7-19-9-11/h2,7,9-10,12,14,16H,3-6,8H2,1H3. The van der Waals surface area contributed by atoms with E-state index in [2.05, 4.69) is 5.32 Å². The molecule has 6 heteroatoms. The van der Waals surface area contributed by atoms with Crippen LogP contribution in [0.4, 0.5) is 0 Å². The Morgan fingerprint density at radius 3 is 2.95 bits per heavy atom. The zero-order valence-corrected chi connectivity index (χ0v) is 11.9. The molecule has 0 aromatic carbocycles. The van der Waals surface area contributed by atoms with E-state index in [1.165, 1.54) is 0 Å². The third kappa shape index (κ3) is 4.01. The van der Waals surface area contributed by atoms with E-state index in [9.17, 15) is 9.90 Å². The highest BCUT2D eigenvalue weighted by Gasteiger charge is 2.22. The van der Waals surface area contributed by atoms with E-state index in [1.54, 1.807) is 16.2 Å². The zero-order valence-electron chi connectivity index (χ0n) is 11.0. The fraction of sp³-hybridized carbons (Fsp3) is 0.615. The molecule has 1 aromatic heterocycles. The summed E-state index contributed by atoms with van der Waals surface area (Å²) in [6, 6.07) is 1.61. The molecule has 0 aliphatic carbocycles. The predicted octanol–water partition coefficient (Wildman–Crippen LogP) is 0.618. The molecule has 1 amide bonds. The van der Waals surface area contributed by atoms with E-state index in [4.69, 9.17) is 4.74 Å². The molecule has 1 fully saturated rings. The van der Waals surface area contributed by atoms with Gasteiger partial charge in [-0.15, -0.1) is 0 Å². The fourth-order valence-electron chi connectivity index (χ4n) is 2.02. The van der Waals surface area contributed by atoms with E-state index < -0.39 is 6.10 Å². The van der Waals surface area contributed by atoms with E-state index in [1.807, 2.05) is 23.8 Å². The second kappa shape index (κ2) is 7.00. The maximum absolute atomic E-state index is 12.1. The molecule has 1 aliphatic rings. The number of aliphatic hydroxyl groups excluding tert-OH is 1. The molecular formula is C13H20N2O3S. The molecule has 106 valence electrons. The summed E-state index contributed by atoms with van der Waals surface area (Å²) in [7, 11) is 0. The van der Waals surface area contributed by atoms with Gasteiger partial charge in [-0.05, 0) is 29.3 Å². The first kappa shape index (κ1) is 14.5. The topological polar surface area (TPSA) is 61.8 Å². The van der Waals surface area contributed by atoms with Crippen LogP contribution in [-0.2, 0) is 9.53 Å². The molecule has 2 rings (SSSR count). The molecule has 1 aliphatic heterocycles. The Morgan fingerprint density at radius 1 is 1.58 bits per heavy atom. The van der Waals surface area contributed by atoms with Crippen LogP contribution in [0.5, 0.6) is 0 Å². The number of hydrogen-bond donors (Lipinski definition) is 2. The summed E-state index contributed by atoms with van der Waals surface area (Å²) in [5.74, 6) is 0.0702. The van der Waals surface area contributed by atoms with Crippen molar-refractivity contribution in [3.8, 4) is 0 Å². The van der Waals surface area contributed by atoms with Gasteiger partial charge in [-0.3, -0.25) is 4.79 Å². The van der Waals surface area contributed by atoms with Gasteiger partial charge in [-0.1, -0.05) is 0 Å². The number of thiophene rings is 1. The molecule has 0 bridgehead atoms. The van der Waals surface area contributed by atoms with Gasteiger partial charge >= 0.3 is 0 Å². The summed E-state index contributed by atoms with van der Waals surface area (Å²) in [6.45, 7) is 4.73. The number of rotatable bonds is 5. The van der Waals surface area contributed by atoms with E-state index in [-0.39, 0.29) is 11.9 Å². The first-order valence-corrected chi connectivity index (χ1v) is 7.43. The molecule has 0 radical (unpaired) electrons. The summed E-state index contributed by atoms with van der Waals surface area (Å²) >= 11 is 1.55. The first-order valence-electron chi connectivity index (χ1n) is 6.48. The van der Waals surface area contributed by atoms with Gasteiger partial charge in [0.25, 0.3) is 0 Å². The van der Waals surface area contributed by atoms with Crippen LogP contribution < -0.4 is 5.32 Å². The predicted molar refractivity (Wildman–Crippen MR) is 74.1 cm³/mol. The van der Waals surface area contributed by atoms with Gasteiger partial charge < -0.3 is 20.1 Å². The molecular weight excluding hydrogens is 264 g/mol. The molecule has 2 atom stereocenters. The quantitative estimate of drug-likeness (QED) is 0.832. The van der Waals surface area contributed by atoms with Crippen molar-refractivity contribution in [1.29, 1.82) is 0 Å². The zero-order chi connectivity index (χ0) is 13.7. The normalized spacial score (nSPS) is 19.2. The Morgan fingerprint density at radius 2 is 2.32 bits per heavy atom. The Bertz CT molecular complexity index is 391. The van der Waals surface area contributed by atoms with Crippen LogP contribution >= 0.6 is 11.3 Å². The molecule has 1 aromatic rings. The van der Waals surface area contributed by atoms with Crippen molar-refractivity contribution >= 4 is 17.2 Å². The van der Waals surface area contributed by atoms with Crippen molar-refractivity contribution < 1.29 is 14.6 Å². The molecule has 5 nitrogen and oxygen atoms in total. The first-order chi connectivity index (χ1) is 9.18. The van der Waals surface area contributed by atoms with Gasteiger partial charge in [0, 0.05) is 19.6 Å². The van der Waals surface area contributed by atoms with Gasteiger partial charge in [-0.2, -0.15) is 11.3 Å². The Balaban J connectivity index is 1.77. The average Bonchev–Trinajstić information content (AvgIpc) is 2.98. The van der Waals surface area contributed by atoms with Crippen molar-refractivity contribution in [2.24, 2.45) is 0 Å². The minimum absolute atomic E-state index is 0.0702. The molecule has 0 saturated carbocycles. The number of carbonyl (C=O) groups is 1. The number of nitrogens with zero attached hydrogens (tertiary/aromatic N) is 1. The largest absolute Gasteiger partial charge is 0.387 e. The number of ether oxygens (including phenoxy) is 1. The number of morpholine rings is 1. The van der Waals surface area contributed by atoms with Crippen LogP contribution in [0, 0.1) is 0 Å². The van der Waals surface area contributed by atoms with Crippen LogP contribution in [-0.4, -0.2) is 54.8 Å². The minimum atomic E-state index is -0.564. The van der Waals surface area contributed by atoms with Crippen molar-refractivity contribution in [3.63, 3.8) is 0 Å². The lowest BCUT2D eigenvalue weighted by Gasteiger charge is -2.29. The molecule has 2 unspecified atom stereocenters.